The highest BCUT2D eigenvalue weighted by atomic mass is 19.2. The Morgan fingerprint density at radius 1 is 1.60 bits per heavy atom. The second-order valence-electron chi connectivity index (χ2n) is 4.29. The molecule has 20 heavy (non-hydrogen) atoms. The molecule has 1 saturated heterocycles. The lowest BCUT2D eigenvalue weighted by Gasteiger charge is -2.27. The minimum absolute atomic E-state index is 0.529. The first kappa shape index (κ1) is 14.8. The molecule has 112 valence electrons. The lowest BCUT2D eigenvalue weighted by atomic mass is 10.1. The molecular formula is C10H13FN2O7. The molecule has 9 nitrogen and oxygen atoms in total. The molecular weight excluding hydrogens is 279 g/mol. The van der Waals surface area contributed by atoms with Crippen molar-refractivity contribution in [3.8, 4) is 0 Å². The molecule has 4 N–H and O–H groups in total. The first-order valence-corrected chi connectivity index (χ1v) is 5.53. The molecule has 0 amide bonds. The topological polar surface area (TPSA) is 134 Å². The quantitative estimate of drug-likeness (QED) is 0.480. The Morgan fingerprint density at radius 2 is 2.25 bits per heavy atom. The maximum absolute atomic E-state index is 14.2. The molecule has 2 heterocycles. The van der Waals surface area contributed by atoms with Crippen molar-refractivity contribution in [1.82, 2.24) is 9.55 Å². The van der Waals surface area contributed by atoms with Crippen molar-refractivity contribution < 1.29 is 29.2 Å². The Morgan fingerprint density at radius 3 is 2.70 bits per heavy atom. The van der Waals surface area contributed by atoms with Gasteiger partial charge >= 0.3 is 5.69 Å². The summed E-state index contributed by atoms with van der Waals surface area (Å²) in [6.45, 7) is -0.967. The fourth-order valence-electron chi connectivity index (χ4n) is 1.99. The summed E-state index contributed by atoms with van der Waals surface area (Å²) in [4.78, 5) is 24.4. The van der Waals surface area contributed by atoms with Crippen molar-refractivity contribution in [3.05, 3.63) is 33.1 Å². The third-order valence-electron chi connectivity index (χ3n) is 3.13. The van der Waals surface area contributed by atoms with Gasteiger partial charge in [0.05, 0.1) is 0 Å². The first-order chi connectivity index (χ1) is 9.28. The molecule has 0 aromatic carbocycles. The van der Waals surface area contributed by atoms with Crippen LogP contribution in [0.5, 0.6) is 0 Å². The van der Waals surface area contributed by atoms with Gasteiger partial charge in [-0.15, -0.1) is 0 Å². The smallest absolute Gasteiger partial charge is 0.330 e. The van der Waals surface area contributed by atoms with Crippen LogP contribution in [-0.2, 0) is 9.47 Å². The van der Waals surface area contributed by atoms with Gasteiger partial charge in [-0.3, -0.25) is 14.3 Å². The average molecular weight is 292 g/mol. The van der Waals surface area contributed by atoms with Gasteiger partial charge in [0.25, 0.3) is 11.4 Å². The predicted molar refractivity (Wildman–Crippen MR) is 60.3 cm³/mol. The number of rotatable bonds is 3. The second-order valence-corrected chi connectivity index (χ2v) is 4.29. The number of nitrogens with one attached hydrogen (secondary N) is 1. The standard InChI is InChI=1S/C10H13FN2O7/c1-19-9(4-14)6(16)10(11,18)7(20-9)13-3-2-5(15)12-8(13)17/h2-3,6-7,14,16,18H,4H2,1H3,(H,12,15,17)/t6-,7-,9-,10-/m1/s1. The van der Waals surface area contributed by atoms with Gasteiger partial charge < -0.3 is 24.8 Å². The summed E-state index contributed by atoms with van der Waals surface area (Å²) in [5.74, 6) is -5.65. The molecule has 4 atom stereocenters. The van der Waals surface area contributed by atoms with Gasteiger partial charge in [-0.2, -0.15) is 0 Å². The van der Waals surface area contributed by atoms with Gasteiger partial charge in [0.1, 0.15) is 6.61 Å². The Hall–Kier alpha value is -1.59. The average Bonchev–Trinajstić information content (AvgIpc) is 2.60. The number of ether oxygens (including phenoxy) is 2. The zero-order valence-corrected chi connectivity index (χ0v) is 10.3. The van der Waals surface area contributed by atoms with Crippen LogP contribution in [0.25, 0.3) is 0 Å². The van der Waals surface area contributed by atoms with Crippen LogP contribution in [0.4, 0.5) is 4.39 Å². The Kier molecular flexibility index (Phi) is 3.52. The molecule has 0 bridgehead atoms. The fourth-order valence-corrected chi connectivity index (χ4v) is 1.99. The van der Waals surface area contributed by atoms with Crippen molar-refractivity contribution in [2.45, 2.75) is 24.0 Å². The van der Waals surface area contributed by atoms with Crippen molar-refractivity contribution in [2.24, 2.45) is 0 Å². The maximum Gasteiger partial charge on any atom is 0.330 e. The zero-order chi connectivity index (χ0) is 15.1. The molecule has 1 fully saturated rings. The first-order valence-electron chi connectivity index (χ1n) is 5.53. The van der Waals surface area contributed by atoms with Crippen molar-refractivity contribution in [1.29, 1.82) is 0 Å². The van der Waals surface area contributed by atoms with Crippen LogP contribution in [-0.4, -0.2) is 56.3 Å². The van der Waals surface area contributed by atoms with Gasteiger partial charge in [0, 0.05) is 19.4 Å². The number of aliphatic hydroxyl groups excluding tert-OH is 2. The fraction of sp³-hybridized carbons (Fsp3) is 0.600. The Labute approximate surface area is 110 Å². The van der Waals surface area contributed by atoms with Gasteiger partial charge in [-0.1, -0.05) is 0 Å². The molecule has 2 rings (SSSR count). The van der Waals surface area contributed by atoms with Crippen LogP contribution in [0.1, 0.15) is 6.23 Å². The summed E-state index contributed by atoms with van der Waals surface area (Å²) in [6, 6.07) is 0.902. The largest absolute Gasteiger partial charge is 0.391 e. The number of aromatic amines is 1. The summed E-state index contributed by atoms with van der Waals surface area (Å²) in [5.41, 5.74) is -1.79. The number of alkyl halides is 1. The molecule has 0 saturated carbocycles. The van der Waals surface area contributed by atoms with Crippen molar-refractivity contribution in [3.63, 3.8) is 0 Å². The van der Waals surface area contributed by atoms with Crippen molar-refractivity contribution in [2.75, 3.05) is 13.7 Å². The number of aliphatic hydroxyl groups is 3. The van der Waals surface area contributed by atoms with E-state index in [1.807, 2.05) is 4.98 Å². The van der Waals surface area contributed by atoms with E-state index in [1.54, 1.807) is 0 Å². The third kappa shape index (κ3) is 1.98. The minimum Gasteiger partial charge on any atom is -0.391 e. The van der Waals surface area contributed by atoms with E-state index in [0.717, 1.165) is 19.4 Å². The highest BCUT2D eigenvalue weighted by molar-refractivity contribution is 5.01. The molecule has 1 aromatic rings. The summed E-state index contributed by atoms with van der Waals surface area (Å²) in [7, 11) is 1.02. The van der Waals surface area contributed by atoms with Gasteiger partial charge in [0.15, 0.2) is 6.10 Å². The van der Waals surface area contributed by atoms with Crippen LogP contribution in [0.2, 0.25) is 0 Å². The number of aromatic nitrogens is 2. The monoisotopic (exact) mass is 292 g/mol. The minimum atomic E-state index is -3.42. The van der Waals surface area contributed by atoms with E-state index in [2.05, 4.69) is 0 Å². The molecule has 1 aromatic heterocycles. The zero-order valence-electron chi connectivity index (χ0n) is 10.3. The van der Waals surface area contributed by atoms with Crippen molar-refractivity contribution >= 4 is 0 Å². The highest BCUT2D eigenvalue weighted by Crippen LogP contribution is 2.44. The van der Waals surface area contributed by atoms with E-state index < -0.39 is 41.8 Å². The van der Waals surface area contributed by atoms with E-state index in [-0.39, 0.29) is 0 Å². The normalized spacial score (nSPS) is 37.2. The van der Waals surface area contributed by atoms with Crippen LogP contribution >= 0.6 is 0 Å². The molecule has 0 radical (unpaired) electrons. The molecule has 0 aliphatic carbocycles. The summed E-state index contributed by atoms with van der Waals surface area (Å²) in [5, 5.41) is 28.6. The third-order valence-corrected chi connectivity index (χ3v) is 3.13. The lowest BCUT2D eigenvalue weighted by Crippen LogP contribution is -2.52. The number of nitrogens with zero attached hydrogens (tertiary/aromatic N) is 1. The number of methoxy groups -OCH3 is 1. The summed E-state index contributed by atoms with van der Waals surface area (Å²) in [6.07, 6.45) is -3.39. The van der Waals surface area contributed by atoms with E-state index in [9.17, 15) is 24.2 Å². The van der Waals surface area contributed by atoms with E-state index in [1.165, 1.54) is 0 Å². The van der Waals surface area contributed by atoms with Gasteiger partial charge in [-0.25, -0.2) is 9.18 Å². The molecule has 10 heteroatoms. The van der Waals surface area contributed by atoms with Crippen LogP contribution in [0, 0.1) is 0 Å². The van der Waals surface area contributed by atoms with Gasteiger partial charge in [0.2, 0.25) is 12.0 Å². The number of hydrogen-bond acceptors (Lipinski definition) is 7. The number of hydrogen-bond donors (Lipinski definition) is 4. The Balaban J connectivity index is 2.52. The Bertz CT molecular complexity index is 606. The summed E-state index contributed by atoms with van der Waals surface area (Å²) >= 11 is 0. The van der Waals surface area contributed by atoms with Crippen LogP contribution in [0.3, 0.4) is 0 Å². The van der Waals surface area contributed by atoms with Crippen LogP contribution < -0.4 is 11.2 Å². The molecule has 1 aliphatic heterocycles. The van der Waals surface area contributed by atoms with Gasteiger partial charge in [-0.05, 0) is 0 Å². The lowest BCUT2D eigenvalue weighted by molar-refractivity contribution is -0.270. The molecule has 1 aliphatic rings. The van der Waals surface area contributed by atoms with E-state index in [4.69, 9.17) is 14.6 Å². The highest BCUT2D eigenvalue weighted by Gasteiger charge is 2.66. The second kappa shape index (κ2) is 4.75. The SMILES string of the molecule is CO[C@]1(CO)O[C@@H](n2ccc(=O)[nH]c2=O)[C@@](O)(F)[C@@H]1O. The van der Waals surface area contributed by atoms with Crippen LogP contribution in [0.15, 0.2) is 21.9 Å². The molecule has 0 unspecified atom stereocenters. The maximum atomic E-state index is 14.2. The number of halogens is 1. The summed E-state index contributed by atoms with van der Waals surface area (Å²) < 4.78 is 24.4. The van der Waals surface area contributed by atoms with E-state index in [0.29, 0.717) is 4.57 Å². The predicted octanol–water partition coefficient (Wildman–Crippen LogP) is -2.58. The molecule has 0 spiro atoms. The van der Waals surface area contributed by atoms with E-state index >= 15 is 0 Å². The number of H-pyrrole nitrogens is 1.